The molecule has 32 heavy (non-hydrogen) atoms. The molecule has 2 aromatic carbocycles. The third kappa shape index (κ3) is 4.46. The summed E-state index contributed by atoms with van der Waals surface area (Å²) in [6.45, 7) is 1.44. The molecule has 3 aromatic heterocycles. The molecule has 0 saturated carbocycles. The lowest BCUT2D eigenvalue weighted by Crippen LogP contribution is -2.25. The van der Waals surface area contributed by atoms with Crippen molar-refractivity contribution >= 4 is 39.1 Å². The molecule has 0 aliphatic heterocycles. The molecule has 5 aromatic rings. The fourth-order valence-electron chi connectivity index (χ4n) is 3.46. The first kappa shape index (κ1) is 20.2. The van der Waals surface area contributed by atoms with Crippen molar-refractivity contribution < 1.29 is 18.8 Å². The van der Waals surface area contributed by atoms with Gasteiger partial charge in [0.25, 0.3) is 5.19 Å². The van der Waals surface area contributed by atoms with Gasteiger partial charge in [0.05, 0.1) is 17.5 Å². The van der Waals surface area contributed by atoms with Crippen LogP contribution in [0, 0.1) is 0 Å². The fraction of sp³-hybridized carbons (Fsp3) is 0.125. The number of carbonyl (C=O) groups is 1. The number of nitrogens with zero attached hydrogens (tertiary/aromatic N) is 3. The Kier molecular flexibility index (Phi) is 5.78. The lowest BCUT2D eigenvalue weighted by atomic mass is 10.1. The van der Waals surface area contributed by atoms with Crippen LogP contribution in [0.2, 0.25) is 0 Å². The van der Waals surface area contributed by atoms with E-state index in [9.17, 15) is 4.79 Å². The standard InChI is InChI=1S/C24H19N3O4S/c28-16-30-27(12-10-17-5-2-1-3-6-17)14-18-15-29-21-13-19(8-9-20(18)21)31-24-26-23-22(32-24)7-4-11-25-23/h1-9,11,13,15-16H,10,12,14H2. The number of pyridine rings is 1. The van der Waals surface area contributed by atoms with Gasteiger partial charge in [-0.25, -0.2) is 4.98 Å². The summed E-state index contributed by atoms with van der Waals surface area (Å²) in [5.41, 5.74) is 3.45. The number of hydrogen-bond acceptors (Lipinski definition) is 8. The monoisotopic (exact) mass is 445 g/mol. The van der Waals surface area contributed by atoms with Gasteiger partial charge < -0.3 is 14.0 Å². The molecular formula is C24H19N3O4S. The fourth-order valence-corrected chi connectivity index (χ4v) is 4.26. The van der Waals surface area contributed by atoms with Crippen LogP contribution in [-0.2, 0) is 22.6 Å². The van der Waals surface area contributed by atoms with Gasteiger partial charge in [0, 0.05) is 29.8 Å². The normalized spacial score (nSPS) is 11.3. The summed E-state index contributed by atoms with van der Waals surface area (Å²) in [7, 11) is 0. The van der Waals surface area contributed by atoms with Crippen LogP contribution in [-0.4, -0.2) is 28.0 Å². The minimum Gasteiger partial charge on any atom is -0.464 e. The summed E-state index contributed by atoms with van der Waals surface area (Å²) in [4.78, 5) is 24.8. The molecule has 0 unspecified atom stereocenters. The van der Waals surface area contributed by atoms with E-state index in [2.05, 4.69) is 22.1 Å². The van der Waals surface area contributed by atoms with Gasteiger partial charge in [-0.1, -0.05) is 41.7 Å². The Morgan fingerprint density at radius 2 is 2.00 bits per heavy atom. The van der Waals surface area contributed by atoms with E-state index in [1.54, 1.807) is 17.5 Å². The number of hydroxylamine groups is 2. The highest BCUT2D eigenvalue weighted by Crippen LogP contribution is 2.33. The first-order valence-electron chi connectivity index (χ1n) is 10.1. The predicted octanol–water partition coefficient (Wildman–Crippen LogP) is 5.36. The van der Waals surface area contributed by atoms with Crippen LogP contribution in [0.1, 0.15) is 11.1 Å². The summed E-state index contributed by atoms with van der Waals surface area (Å²) in [5.74, 6) is 0.627. The van der Waals surface area contributed by atoms with E-state index >= 15 is 0 Å². The van der Waals surface area contributed by atoms with E-state index in [4.69, 9.17) is 14.0 Å². The molecule has 3 heterocycles. The number of ether oxygens (including phenoxy) is 1. The van der Waals surface area contributed by atoms with Gasteiger partial charge in [0.2, 0.25) is 0 Å². The van der Waals surface area contributed by atoms with E-state index in [0.717, 1.165) is 22.1 Å². The molecule has 0 saturated heterocycles. The molecule has 0 amide bonds. The first-order chi connectivity index (χ1) is 15.8. The van der Waals surface area contributed by atoms with Gasteiger partial charge in [0.15, 0.2) is 5.65 Å². The van der Waals surface area contributed by atoms with E-state index in [1.807, 2.05) is 48.5 Å². The van der Waals surface area contributed by atoms with Crippen molar-refractivity contribution in [2.24, 2.45) is 0 Å². The molecule has 5 rings (SSSR count). The number of furan rings is 1. The molecule has 0 radical (unpaired) electrons. The van der Waals surface area contributed by atoms with Crippen molar-refractivity contribution in [2.75, 3.05) is 6.54 Å². The van der Waals surface area contributed by atoms with Crippen molar-refractivity contribution in [3.8, 4) is 10.9 Å². The molecule has 0 fully saturated rings. The second-order valence-electron chi connectivity index (χ2n) is 7.13. The maximum Gasteiger partial charge on any atom is 0.313 e. The van der Waals surface area contributed by atoms with Crippen LogP contribution >= 0.6 is 11.3 Å². The summed E-state index contributed by atoms with van der Waals surface area (Å²) in [6, 6.07) is 19.5. The zero-order chi connectivity index (χ0) is 21.8. The molecule has 0 aliphatic carbocycles. The highest BCUT2D eigenvalue weighted by molar-refractivity contribution is 7.20. The largest absolute Gasteiger partial charge is 0.464 e. The molecule has 0 aliphatic rings. The number of thiazole rings is 1. The Hall–Kier alpha value is -3.75. The number of carbonyl (C=O) groups excluding carboxylic acids is 1. The van der Waals surface area contributed by atoms with Crippen molar-refractivity contribution in [1.29, 1.82) is 0 Å². The van der Waals surface area contributed by atoms with Gasteiger partial charge in [0.1, 0.15) is 11.3 Å². The lowest BCUT2D eigenvalue weighted by molar-refractivity contribution is -0.176. The average molecular weight is 446 g/mol. The number of fused-ring (bicyclic) bond motifs is 2. The molecule has 0 bridgehead atoms. The Morgan fingerprint density at radius 1 is 1.09 bits per heavy atom. The molecule has 0 atom stereocenters. The third-order valence-corrected chi connectivity index (χ3v) is 5.90. The Bertz CT molecular complexity index is 1320. The molecule has 0 spiro atoms. The predicted molar refractivity (Wildman–Crippen MR) is 121 cm³/mol. The molecule has 160 valence electrons. The van der Waals surface area contributed by atoms with Gasteiger partial charge in [-0.2, -0.15) is 4.98 Å². The number of benzene rings is 2. The van der Waals surface area contributed by atoms with Crippen LogP contribution in [0.3, 0.4) is 0 Å². The van der Waals surface area contributed by atoms with E-state index in [1.165, 1.54) is 16.9 Å². The second-order valence-corrected chi connectivity index (χ2v) is 8.12. The summed E-state index contributed by atoms with van der Waals surface area (Å²) in [5, 5.41) is 3.09. The summed E-state index contributed by atoms with van der Waals surface area (Å²) < 4.78 is 12.6. The molecule has 8 heteroatoms. The van der Waals surface area contributed by atoms with Gasteiger partial charge in [-0.3, -0.25) is 4.79 Å². The highest BCUT2D eigenvalue weighted by Gasteiger charge is 2.14. The van der Waals surface area contributed by atoms with Crippen LogP contribution in [0.15, 0.2) is 77.5 Å². The molecule has 7 nitrogen and oxygen atoms in total. The van der Waals surface area contributed by atoms with E-state index < -0.39 is 0 Å². The van der Waals surface area contributed by atoms with Crippen LogP contribution in [0.25, 0.3) is 21.3 Å². The topological polar surface area (TPSA) is 77.7 Å². The van der Waals surface area contributed by atoms with Crippen LogP contribution in [0.5, 0.6) is 10.9 Å². The second kappa shape index (κ2) is 9.17. The van der Waals surface area contributed by atoms with Crippen molar-refractivity contribution in [3.63, 3.8) is 0 Å². The minimum atomic E-state index is 0.419. The quantitative estimate of drug-likeness (QED) is 0.223. The van der Waals surface area contributed by atoms with E-state index in [0.29, 0.717) is 41.7 Å². The summed E-state index contributed by atoms with van der Waals surface area (Å²) in [6.07, 6.45) is 4.15. The number of rotatable bonds is 9. The van der Waals surface area contributed by atoms with Gasteiger partial charge >= 0.3 is 6.47 Å². The Balaban J connectivity index is 1.30. The molecule has 0 N–H and O–H groups in total. The lowest BCUT2D eigenvalue weighted by Gasteiger charge is -2.18. The first-order valence-corrected chi connectivity index (χ1v) is 10.9. The smallest absolute Gasteiger partial charge is 0.313 e. The SMILES string of the molecule is O=CON(CCc1ccccc1)Cc1coc2cc(Oc3nc4ncccc4s3)ccc12. The Morgan fingerprint density at radius 3 is 2.84 bits per heavy atom. The summed E-state index contributed by atoms with van der Waals surface area (Å²) >= 11 is 1.44. The van der Waals surface area contributed by atoms with Crippen LogP contribution < -0.4 is 4.74 Å². The van der Waals surface area contributed by atoms with E-state index in [-0.39, 0.29) is 0 Å². The van der Waals surface area contributed by atoms with Gasteiger partial charge in [-0.05, 0) is 36.2 Å². The minimum absolute atomic E-state index is 0.419. The molecular weight excluding hydrogens is 426 g/mol. The van der Waals surface area contributed by atoms with Gasteiger partial charge in [-0.15, -0.1) is 5.06 Å². The number of hydrogen-bond donors (Lipinski definition) is 0. The third-order valence-electron chi connectivity index (χ3n) is 5.01. The zero-order valence-electron chi connectivity index (χ0n) is 17.0. The van der Waals surface area contributed by atoms with Crippen molar-refractivity contribution in [3.05, 3.63) is 84.3 Å². The van der Waals surface area contributed by atoms with Crippen molar-refractivity contribution in [2.45, 2.75) is 13.0 Å². The maximum absolute atomic E-state index is 11.0. The average Bonchev–Trinajstić information content (AvgIpc) is 3.41. The Labute approximate surface area is 187 Å². The maximum atomic E-state index is 11.0. The zero-order valence-corrected chi connectivity index (χ0v) is 17.8. The number of aromatic nitrogens is 2. The van der Waals surface area contributed by atoms with Crippen LogP contribution in [0.4, 0.5) is 0 Å². The highest BCUT2D eigenvalue weighted by atomic mass is 32.1. The van der Waals surface area contributed by atoms with Crippen molar-refractivity contribution in [1.82, 2.24) is 15.0 Å².